The molecule has 0 bridgehead atoms. The van der Waals surface area contributed by atoms with E-state index in [4.69, 9.17) is 37.9 Å². The van der Waals surface area contributed by atoms with Crippen molar-refractivity contribution in [2.75, 3.05) is 39.6 Å². The second-order valence-electron chi connectivity index (χ2n) is 17.2. The summed E-state index contributed by atoms with van der Waals surface area (Å²) in [4.78, 5) is 23.3. The zero-order valence-corrected chi connectivity index (χ0v) is 39.4. The van der Waals surface area contributed by atoms with Crippen molar-refractivity contribution in [1.29, 1.82) is 0 Å². The molecule has 2 heterocycles. The van der Waals surface area contributed by atoms with E-state index in [1.54, 1.807) is 48.5 Å². The van der Waals surface area contributed by atoms with E-state index < -0.39 is 11.9 Å². The Balaban J connectivity index is 0.000000301. The summed E-state index contributed by atoms with van der Waals surface area (Å²) in [6, 6.07) is 21.6. The molecule has 2 saturated heterocycles. The maximum Gasteiger partial charge on any atom is 0.343 e. The number of carbonyl (C=O) groups is 2. The molecular weight excluding hydrogens is 809 g/mol. The molecule has 0 spiro atoms. The van der Waals surface area contributed by atoms with Gasteiger partial charge in [-0.2, -0.15) is 0 Å². The molecule has 2 atom stereocenters. The van der Waals surface area contributed by atoms with Crippen LogP contribution in [0.2, 0.25) is 0 Å². The van der Waals surface area contributed by atoms with Crippen molar-refractivity contribution in [3.8, 4) is 23.0 Å². The van der Waals surface area contributed by atoms with Gasteiger partial charge in [0.25, 0.3) is 0 Å². The van der Waals surface area contributed by atoms with E-state index in [2.05, 4.69) is 31.2 Å². The maximum absolute atomic E-state index is 12.4. The molecule has 0 radical (unpaired) electrons. The van der Waals surface area contributed by atoms with Gasteiger partial charge >= 0.3 is 11.9 Å². The number of ether oxygens (including phenoxy) is 8. The Hall–Kier alpha value is -3.96. The fraction of sp³-hybridized carbons (Fsp3) is 0.630. The number of rotatable bonds is 31. The van der Waals surface area contributed by atoms with Crippen molar-refractivity contribution in [2.24, 2.45) is 0 Å². The average molecular weight is 889 g/mol. The second-order valence-corrected chi connectivity index (χ2v) is 17.2. The van der Waals surface area contributed by atoms with Crippen molar-refractivity contribution in [2.45, 2.75) is 181 Å². The molecule has 64 heavy (non-hydrogen) atoms. The minimum absolute atomic E-state index is 0.0442. The standard InChI is InChI=1S/C31H42O7.C23H38O3/c1-25(32)37-28-18-20-29(21-19-28)38-31(33)26-14-16-27(17-15-26)34-22-10-7-5-3-2-4-6-8-11-23-35-30-13-9-12-24-36-30;1-21-14-16-22(17-15-21)24-18-10-7-5-3-2-4-6-8-11-19-25-23-13-9-12-20-26-23/h14-21,30H,2-13,22-24H2,1H3;14-17,23H,2-13,18-20H2,1H3. The van der Waals surface area contributed by atoms with Crippen LogP contribution in [-0.4, -0.2) is 64.2 Å². The summed E-state index contributed by atoms with van der Waals surface area (Å²) in [5.74, 6) is 1.65. The molecule has 10 heteroatoms. The number of unbranched alkanes of at least 4 members (excludes halogenated alkanes) is 16. The van der Waals surface area contributed by atoms with Gasteiger partial charge in [0.1, 0.15) is 23.0 Å². The molecular formula is C54H80O10. The first-order chi connectivity index (χ1) is 31.4. The zero-order valence-electron chi connectivity index (χ0n) is 39.4. The lowest BCUT2D eigenvalue weighted by Crippen LogP contribution is -2.22. The van der Waals surface area contributed by atoms with Crippen molar-refractivity contribution in [3.63, 3.8) is 0 Å². The van der Waals surface area contributed by atoms with Crippen LogP contribution in [0.3, 0.4) is 0 Å². The van der Waals surface area contributed by atoms with Gasteiger partial charge in [0.05, 0.1) is 18.8 Å². The highest BCUT2D eigenvalue weighted by atomic mass is 16.7. The number of hydrogen-bond acceptors (Lipinski definition) is 10. The molecule has 2 unspecified atom stereocenters. The number of aryl methyl sites for hydroxylation is 1. The summed E-state index contributed by atoms with van der Waals surface area (Å²) in [5.41, 5.74) is 1.72. The SMILES string of the molecule is CC(=O)Oc1ccc(OC(=O)c2ccc(OCCCCCCCCCCCOC3CCCCO3)cc2)cc1.Cc1ccc(OCCCCCCCCCCCOC2CCCCO2)cc1. The molecule has 2 fully saturated rings. The Morgan fingerprint density at radius 1 is 0.453 bits per heavy atom. The van der Waals surface area contributed by atoms with E-state index in [0.717, 1.165) is 83.1 Å². The molecule has 2 aliphatic rings. The van der Waals surface area contributed by atoms with Gasteiger partial charge in [-0.1, -0.05) is 108 Å². The minimum Gasteiger partial charge on any atom is -0.494 e. The normalized spacial score (nSPS) is 16.0. The molecule has 356 valence electrons. The highest BCUT2D eigenvalue weighted by Crippen LogP contribution is 2.21. The Labute approximate surface area is 385 Å². The lowest BCUT2D eigenvalue weighted by Gasteiger charge is -2.22. The molecule has 0 aliphatic carbocycles. The third kappa shape index (κ3) is 25.5. The predicted octanol–water partition coefficient (Wildman–Crippen LogP) is 13.7. The highest BCUT2D eigenvalue weighted by molar-refractivity contribution is 5.91. The Morgan fingerprint density at radius 2 is 0.812 bits per heavy atom. The first-order valence-corrected chi connectivity index (χ1v) is 24.8. The molecule has 2 aliphatic heterocycles. The van der Waals surface area contributed by atoms with Crippen LogP contribution in [0, 0.1) is 6.92 Å². The molecule has 5 rings (SSSR count). The van der Waals surface area contributed by atoms with Gasteiger partial charge in [-0.3, -0.25) is 4.79 Å². The Bertz CT molecular complexity index is 1600. The summed E-state index contributed by atoms with van der Waals surface area (Å²) < 4.78 is 44.6. The predicted molar refractivity (Wildman–Crippen MR) is 254 cm³/mol. The van der Waals surface area contributed by atoms with Crippen molar-refractivity contribution in [1.82, 2.24) is 0 Å². The molecule has 0 saturated carbocycles. The van der Waals surface area contributed by atoms with Crippen molar-refractivity contribution < 1.29 is 47.5 Å². The number of benzene rings is 3. The van der Waals surface area contributed by atoms with E-state index >= 15 is 0 Å². The summed E-state index contributed by atoms with van der Waals surface area (Å²) in [6.45, 7) is 8.36. The van der Waals surface area contributed by atoms with Crippen LogP contribution < -0.4 is 18.9 Å². The number of carbonyl (C=O) groups excluding carboxylic acids is 2. The topological polar surface area (TPSA) is 108 Å². The summed E-state index contributed by atoms with van der Waals surface area (Å²) in [5, 5.41) is 0. The van der Waals surface area contributed by atoms with Crippen LogP contribution in [0.25, 0.3) is 0 Å². The molecule has 3 aromatic rings. The van der Waals surface area contributed by atoms with E-state index in [1.165, 1.54) is 128 Å². The van der Waals surface area contributed by atoms with Crippen LogP contribution in [0.4, 0.5) is 0 Å². The Kier molecular flexibility index (Phi) is 28.3. The van der Waals surface area contributed by atoms with Crippen LogP contribution >= 0.6 is 0 Å². The van der Waals surface area contributed by atoms with Gasteiger partial charge in [0, 0.05) is 33.4 Å². The van der Waals surface area contributed by atoms with Crippen LogP contribution in [0.5, 0.6) is 23.0 Å². The fourth-order valence-corrected chi connectivity index (χ4v) is 7.61. The van der Waals surface area contributed by atoms with Crippen LogP contribution in [0.1, 0.15) is 177 Å². The van der Waals surface area contributed by atoms with Crippen molar-refractivity contribution >= 4 is 11.9 Å². The molecule has 0 amide bonds. The Morgan fingerprint density at radius 3 is 1.20 bits per heavy atom. The molecule has 10 nitrogen and oxygen atoms in total. The van der Waals surface area contributed by atoms with Crippen LogP contribution in [-0.2, 0) is 23.7 Å². The third-order valence-electron chi connectivity index (χ3n) is 11.4. The lowest BCUT2D eigenvalue weighted by atomic mass is 10.1. The van der Waals surface area contributed by atoms with E-state index in [9.17, 15) is 9.59 Å². The number of esters is 2. The first-order valence-electron chi connectivity index (χ1n) is 24.8. The molecule has 0 aromatic heterocycles. The summed E-state index contributed by atoms with van der Waals surface area (Å²) in [6.07, 6.45) is 29.7. The fourth-order valence-electron chi connectivity index (χ4n) is 7.61. The number of hydrogen-bond donors (Lipinski definition) is 0. The van der Waals surface area contributed by atoms with E-state index in [0.29, 0.717) is 23.7 Å². The van der Waals surface area contributed by atoms with Gasteiger partial charge in [-0.25, -0.2) is 4.79 Å². The lowest BCUT2D eigenvalue weighted by molar-refractivity contribution is -0.163. The van der Waals surface area contributed by atoms with Gasteiger partial charge < -0.3 is 37.9 Å². The highest BCUT2D eigenvalue weighted by Gasteiger charge is 2.14. The molecule has 0 N–H and O–H groups in total. The molecule has 3 aromatic carbocycles. The van der Waals surface area contributed by atoms with E-state index in [1.807, 2.05) is 0 Å². The summed E-state index contributed by atoms with van der Waals surface area (Å²) in [7, 11) is 0. The van der Waals surface area contributed by atoms with Gasteiger partial charge in [0.2, 0.25) is 0 Å². The minimum atomic E-state index is -0.459. The average Bonchev–Trinajstić information content (AvgIpc) is 3.31. The van der Waals surface area contributed by atoms with Gasteiger partial charge in [-0.05, 0) is 132 Å². The van der Waals surface area contributed by atoms with Crippen LogP contribution in [0.15, 0.2) is 72.8 Å². The van der Waals surface area contributed by atoms with Gasteiger partial charge in [0.15, 0.2) is 12.6 Å². The van der Waals surface area contributed by atoms with Gasteiger partial charge in [-0.15, -0.1) is 0 Å². The zero-order chi connectivity index (χ0) is 45.1. The second kappa shape index (κ2) is 34.4. The quantitative estimate of drug-likeness (QED) is 0.0352. The van der Waals surface area contributed by atoms with E-state index in [-0.39, 0.29) is 12.6 Å². The first kappa shape index (κ1) is 52.7. The van der Waals surface area contributed by atoms with Crippen molar-refractivity contribution in [3.05, 3.63) is 83.9 Å². The third-order valence-corrected chi connectivity index (χ3v) is 11.4. The smallest absolute Gasteiger partial charge is 0.343 e. The largest absolute Gasteiger partial charge is 0.494 e. The maximum atomic E-state index is 12.4. The monoisotopic (exact) mass is 889 g/mol. The summed E-state index contributed by atoms with van der Waals surface area (Å²) >= 11 is 0.